The minimum absolute atomic E-state index is 0.159. The second kappa shape index (κ2) is 7.98. The van der Waals surface area contributed by atoms with Gasteiger partial charge in [-0.15, -0.1) is 0 Å². The topological polar surface area (TPSA) is 44.4 Å². The van der Waals surface area contributed by atoms with Gasteiger partial charge in [0.25, 0.3) is 0 Å². The number of rotatable bonds is 5. The zero-order chi connectivity index (χ0) is 17.8. The van der Waals surface area contributed by atoms with Crippen molar-refractivity contribution in [2.24, 2.45) is 0 Å². The summed E-state index contributed by atoms with van der Waals surface area (Å²) < 4.78 is 0. The first kappa shape index (κ1) is 17.9. The van der Waals surface area contributed by atoms with Gasteiger partial charge in [-0.05, 0) is 62.2 Å². The van der Waals surface area contributed by atoms with Crippen molar-refractivity contribution in [3.05, 3.63) is 52.5 Å². The molecule has 2 aromatic rings. The van der Waals surface area contributed by atoms with Gasteiger partial charge in [-0.25, -0.2) is 0 Å². The first-order valence-electron chi connectivity index (χ1n) is 8.40. The predicted molar refractivity (Wildman–Crippen MR) is 106 cm³/mol. The number of hydrogen-bond donors (Lipinski definition) is 2. The SMILES string of the molecule is C[C@H](Nc1ccc(N2CCCC2)cc1)C(=O)Nc1ccc(Cl)cc1Cl. The number of amides is 1. The van der Waals surface area contributed by atoms with Crippen LogP contribution in [0.15, 0.2) is 42.5 Å². The van der Waals surface area contributed by atoms with E-state index in [1.54, 1.807) is 18.2 Å². The molecule has 0 unspecified atom stereocenters. The number of halogens is 2. The Morgan fingerprint density at radius 2 is 1.76 bits per heavy atom. The molecular formula is C19H21Cl2N3O. The van der Waals surface area contributed by atoms with Gasteiger partial charge in [0.15, 0.2) is 0 Å². The molecule has 1 heterocycles. The quantitative estimate of drug-likeness (QED) is 0.767. The van der Waals surface area contributed by atoms with Gasteiger partial charge in [0, 0.05) is 29.5 Å². The Kier molecular flexibility index (Phi) is 5.71. The van der Waals surface area contributed by atoms with Crippen molar-refractivity contribution < 1.29 is 4.79 Å². The first-order valence-corrected chi connectivity index (χ1v) is 9.16. The van der Waals surface area contributed by atoms with Gasteiger partial charge < -0.3 is 15.5 Å². The molecule has 0 radical (unpaired) electrons. The fourth-order valence-corrected chi connectivity index (χ4v) is 3.35. The lowest BCUT2D eigenvalue weighted by molar-refractivity contribution is -0.116. The molecule has 25 heavy (non-hydrogen) atoms. The van der Waals surface area contributed by atoms with Crippen molar-refractivity contribution >= 4 is 46.2 Å². The van der Waals surface area contributed by atoms with Crippen molar-refractivity contribution in [2.75, 3.05) is 28.6 Å². The van der Waals surface area contributed by atoms with Crippen LogP contribution in [0.5, 0.6) is 0 Å². The van der Waals surface area contributed by atoms with E-state index in [9.17, 15) is 4.79 Å². The van der Waals surface area contributed by atoms with Gasteiger partial charge in [-0.1, -0.05) is 23.2 Å². The lowest BCUT2D eigenvalue weighted by Gasteiger charge is -2.19. The molecule has 0 saturated carbocycles. The average Bonchev–Trinajstić information content (AvgIpc) is 3.12. The van der Waals surface area contributed by atoms with Crippen LogP contribution in [0.1, 0.15) is 19.8 Å². The molecule has 0 bridgehead atoms. The highest BCUT2D eigenvalue weighted by Gasteiger charge is 2.15. The van der Waals surface area contributed by atoms with Gasteiger partial charge in [-0.3, -0.25) is 4.79 Å². The standard InChI is InChI=1S/C19H21Cl2N3O/c1-13(19(25)23-18-9-4-14(20)12-17(18)21)22-15-5-7-16(8-6-15)24-10-2-3-11-24/h4-9,12-13,22H,2-3,10-11H2,1H3,(H,23,25)/t13-/m0/s1. The third-order valence-corrected chi connectivity index (χ3v) is 4.85. The van der Waals surface area contributed by atoms with E-state index in [2.05, 4.69) is 27.7 Å². The molecule has 0 spiro atoms. The molecule has 132 valence electrons. The van der Waals surface area contributed by atoms with Crippen molar-refractivity contribution in [3.8, 4) is 0 Å². The normalized spacial score (nSPS) is 15.1. The van der Waals surface area contributed by atoms with Gasteiger partial charge in [-0.2, -0.15) is 0 Å². The summed E-state index contributed by atoms with van der Waals surface area (Å²) in [5.74, 6) is -0.159. The van der Waals surface area contributed by atoms with Crippen LogP contribution in [0.3, 0.4) is 0 Å². The van der Waals surface area contributed by atoms with E-state index >= 15 is 0 Å². The fraction of sp³-hybridized carbons (Fsp3) is 0.316. The summed E-state index contributed by atoms with van der Waals surface area (Å²) in [4.78, 5) is 14.7. The summed E-state index contributed by atoms with van der Waals surface area (Å²) in [6.07, 6.45) is 2.51. The Morgan fingerprint density at radius 1 is 1.08 bits per heavy atom. The molecule has 0 aromatic heterocycles. The molecule has 1 amide bonds. The average molecular weight is 378 g/mol. The maximum atomic E-state index is 12.4. The zero-order valence-electron chi connectivity index (χ0n) is 14.1. The van der Waals surface area contributed by atoms with Crippen LogP contribution in [0.4, 0.5) is 17.1 Å². The molecule has 2 aromatic carbocycles. The second-order valence-electron chi connectivity index (χ2n) is 6.22. The van der Waals surface area contributed by atoms with Gasteiger partial charge >= 0.3 is 0 Å². The number of anilines is 3. The van der Waals surface area contributed by atoms with Crippen LogP contribution in [0.25, 0.3) is 0 Å². The van der Waals surface area contributed by atoms with E-state index in [0.29, 0.717) is 15.7 Å². The van der Waals surface area contributed by atoms with E-state index in [-0.39, 0.29) is 5.91 Å². The highest BCUT2D eigenvalue weighted by molar-refractivity contribution is 6.36. The third kappa shape index (κ3) is 4.59. The molecule has 0 aliphatic carbocycles. The van der Waals surface area contributed by atoms with Gasteiger partial charge in [0.2, 0.25) is 5.91 Å². The summed E-state index contributed by atoms with van der Waals surface area (Å²) in [5.41, 5.74) is 2.69. The largest absolute Gasteiger partial charge is 0.374 e. The molecule has 1 fully saturated rings. The fourth-order valence-electron chi connectivity index (χ4n) is 2.89. The predicted octanol–water partition coefficient (Wildman–Crippen LogP) is 5.03. The summed E-state index contributed by atoms with van der Waals surface area (Å²) >= 11 is 12.0. The smallest absolute Gasteiger partial charge is 0.246 e. The van der Waals surface area contributed by atoms with Crippen LogP contribution >= 0.6 is 23.2 Å². The third-order valence-electron chi connectivity index (χ3n) is 4.30. The van der Waals surface area contributed by atoms with E-state index in [1.165, 1.54) is 18.5 Å². The van der Waals surface area contributed by atoms with Crippen molar-refractivity contribution in [1.82, 2.24) is 0 Å². The Labute approximate surface area is 158 Å². The lowest BCUT2D eigenvalue weighted by atomic mass is 10.2. The molecule has 4 nitrogen and oxygen atoms in total. The maximum absolute atomic E-state index is 12.4. The molecule has 1 aliphatic rings. The summed E-state index contributed by atoms with van der Waals surface area (Å²) in [7, 11) is 0. The van der Waals surface area contributed by atoms with Crippen LogP contribution in [-0.4, -0.2) is 25.0 Å². The zero-order valence-corrected chi connectivity index (χ0v) is 15.6. The molecule has 1 saturated heterocycles. The summed E-state index contributed by atoms with van der Waals surface area (Å²) in [6, 6.07) is 12.8. The Morgan fingerprint density at radius 3 is 2.40 bits per heavy atom. The Balaban J connectivity index is 1.59. The van der Waals surface area contributed by atoms with Crippen LogP contribution in [0.2, 0.25) is 10.0 Å². The summed E-state index contributed by atoms with van der Waals surface area (Å²) in [6.45, 7) is 4.05. The molecule has 3 rings (SSSR count). The van der Waals surface area contributed by atoms with Crippen molar-refractivity contribution in [2.45, 2.75) is 25.8 Å². The van der Waals surface area contributed by atoms with Gasteiger partial charge in [0.1, 0.15) is 6.04 Å². The second-order valence-corrected chi connectivity index (χ2v) is 7.06. The van der Waals surface area contributed by atoms with Crippen LogP contribution in [0, 0.1) is 0 Å². The molecule has 6 heteroatoms. The highest BCUT2D eigenvalue weighted by Crippen LogP contribution is 2.26. The highest BCUT2D eigenvalue weighted by atomic mass is 35.5. The minimum atomic E-state index is -0.399. The molecule has 2 N–H and O–H groups in total. The molecule has 1 atom stereocenters. The number of nitrogens with one attached hydrogen (secondary N) is 2. The van der Waals surface area contributed by atoms with E-state index in [4.69, 9.17) is 23.2 Å². The monoisotopic (exact) mass is 377 g/mol. The Hall–Kier alpha value is -1.91. The van der Waals surface area contributed by atoms with E-state index < -0.39 is 6.04 Å². The van der Waals surface area contributed by atoms with Crippen molar-refractivity contribution in [1.29, 1.82) is 0 Å². The number of hydrogen-bond acceptors (Lipinski definition) is 3. The summed E-state index contributed by atoms with van der Waals surface area (Å²) in [5, 5.41) is 6.98. The van der Waals surface area contributed by atoms with E-state index in [1.807, 2.05) is 19.1 Å². The van der Waals surface area contributed by atoms with Gasteiger partial charge in [0.05, 0.1) is 10.7 Å². The Bertz CT molecular complexity index is 743. The first-order chi connectivity index (χ1) is 12.0. The lowest BCUT2D eigenvalue weighted by Crippen LogP contribution is -2.32. The van der Waals surface area contributed by atoms with E-state index in [0.717, 1.165) is 18.8 Å². The number of benzene rings is 2. The molecular weight excluding hydrogens is 357 g/mol. The van der Waals surface area contributed by atoms with Crippen LogP contribution < -0.4 is 15.5 Å². The van der Waals surface area contributed by atoms with Crippen molar-refractivity contribution in [3.63, 3.8) is 0 Å². The maximum Gasteiger partial charge on any atom is 0.246 e. The minimum Gasteiger partial charge on any atom is -0.374 e. The van der Waals surface area contributed by atoms with Crippen LogP contribution in [-0.2, 0) is 4.79 Å². The number of carbonyl (C=O) groups is 1. The molecule has 1 aliphatic heterocycles. The number of nitrogens with zero attached hydrogens (tertiary/aromatic N) is 1. The number of carbonyl (C=O) groups excluding carboxylic acids is 1.